The minimum Gasteiger partial charge on any atom is -0.508 e. The van der Waals surface area contributed by atoms with Gasteiger partial charge in [-0.3, -0.25) is 19.8 Å². The van der Waals surface area contributed by atoms with Gasteiger partial charge in [-0.25, -0.2) is 9.59 Å². The van der Waals surface area contributed by atoms with E-state index in [1.807, 2.05) is 0 Å². The van der Waals surface area contributed by atoms with E-state index in [1.54, 1.807) is 20.8 Å². The number of carbonyl (C=O) groups is 5. The molecular weight excluding hydrogens is 773 g/mol. The number of thiocarbonyl (C=S) groups is 1. The molecule has 0 spiro atoms. The van der Waals surface area contributed by atoms with Crippen LogP contribution in [0.15, 0.2) is 11.3 Å². The molecule has 19 nitrogen and oxygen atoms in total. The Morgan fingerprint density at radius 3 is 2.35 bits per heavy atom. The van der Waals surface area contributed by atoms with Crippen LogP contribution >= 0.6 is 24.0 Å². The summed E-state index contributed by atoms with van der Waals surface area (Å²) in [6.07, 6.45) is -15.4. The molecule has 0 aromatic heterocycles. The Hall–Kier alpha value is -3.28. The predicted octanol–water partition coefficient (Wildman–Crippen LogP) is -0.168. The fourth-order valence-corrected chi connectivity index (χ4v) is 8.40. The predicted molar refractivity (Wildman–Crippen MR) is 192 cm³/mol. The Bertz CT molecular complexity index is 1590. The van der Waals surface area contributed by atoms with E-state index < -0.39 is 143 Å². The molecule has 4 aliphatic rings. The second-order valence-electron chi connectivity index (χ2n) is 14.0. The fraction of sp³-hybridized carbons (Fsp3) is 0.735. The number of Topliss-reactive ketones (excluding diaryl/α,β-unsaturated/α-hetero) is 1. The van der Waals surface area contributed by atoms with Gasteiger partial charge in [0.05, 0.1) is 24.5 Å². The normalized spacial score (nSPS) is 37.8. The van der Waals surface area contributed by atoms with E-state index in [2.05, 4.69) is 5.32 Å². The van der Waals surface area contributed by atoms with Crippen molar-refractivity contribution in [3.8, 4) is 0 Å². The highest BCUT2D eigenvalue weighted by atomic mass is 32.2. The van der Waals surface area contributed by atoms with E-state index in [0.717, 1.165) is 6.92 Å². The van der Waals surface area contributed by atoms with Crippen LogP contribution in [0.25, 0.3) is 0 Å². The Balaban J connectivity index is 1.77. The molecule has 0 aromatic carbocycles. The zero-order chi connectivity index (χ0) is 41.3. The highest BCUT2D eigenvalue weighted by molar-refractivity contribution is 8.23. The SMILES string of the molecule is CC[C@@H](C)C(=O)O[C@@H](C)[C@@]1(O)[C@H](C)O[C@H](O[C@@H]2[C@@H](O)[C@H]([C@]3(O)CC(=O)C(=N)C(C(=O)O)=C3O)O[C@H](COC(C)=O)[C@H]2OC(=O)C2NC(=S)SC2C)C[C@@H]1OC. The summed E-state index contributed by atoms with van der Waals surface area (Å²) >= 11 is 6.37. The number of hydrogen-bond acceptors (Lipinski definition) is 19. The summed E-state index contributed by atoms with van der Waals surface area (Å²) in [5.41, 5.74) is -7.31. The molecule has 3 heterocycles. The molecule has 0 radical (unpaired) electrons. The van der Waals surface area contributed by atoms with Crippen LogP contribution in [0.1, 0.15) is 60.8 Å². The van der Waals surface area contributed by atoms with E-state index in [0.29, 0.717) is 10.7 Å². The molecule has 21 heteroatoms. The number of aliphatic hydroxyl groups is 4. The average molecular weight is 821 g/mol. The first-order valence-electron chi connectivity index (χ1n) is 17.5. The number of thioether (sulfide) groups is 1. The van der Waals surface area contributed by atoms with Crippen LogP contribution in [0.5, 0.6) is 0 Å². The van der Waals surface area contributed by atoms with Gasteiger partial charge in [0.15, 0.2) is 29.4 Å². The Morgan fingerprint density at radius 2 is 1.80 bits per heavy atom. The maximum absolute atomic E-state index is 13.6. The quantitative estimate of drug-likeness (QED) is 0.0721. The average Bonchev–Trinajstić information content (AvgIpc) is 3.46. The monoisotopic (exact) mass is 820 g/mol. The minimum absolute atomic E-state index is 0.299. The molecular formula is C34H48N2O17S2. The Labute approximate surface area is 325 Å². The van der Waals surface area contributed by atoms with Gasteiger partial charge < -0.3 is 64.0 Å². The minimum atomic E-state index is -3.00. The largest absolute Gasteiger partial charge is 0.508 e. The molecule has 0 saturated carbocycles. The summed E-state index contributed by atoms with van der Waals surface area (Å²) in [5.74, 6) is -7.30. The van der Waals surface area contributed by atoms with E-state index in [9.17, 15) is 49.5 Å². The smallest absolute Gasteiger partial charge is 0.341 e. The molecule has 2 unspecified atom stereocenters. The van der Waals surface area contributed by atoms with Crippen molar-refractivity contribution in [2.75, 3.05) is 13.7 Å². The maximum atomic E-state index is 13.6. The van der Waals surface area contributed by atoms with Gasteiger partial charge in [-0.15, -0.1) is 0 Å². The molecule has 308 valence electrons. The number of aliphatic hydroxyl groups excluding tert-OH is 2. The van der Waals surface area contributed by atoms with Crippen LogP contribution in [-0.4, -0.2) is 157 Å². The summed E-state index contributed by atoms with van der Waals surface area (Å²) in [5, 5.41) is 66.8. The van der Waals surface area contributed by atoms with Crippen molar-refractivity contribution in [3.05, 3.63) is 11.3 Å². The molecule has 1 aliphatic carbocycles. The summed E-state index contributed by atoms with van der Waals surface area (Å²) < 4.78 is 40.9. The number of ketones is 1. The maximum Gasteiger partial charge on any atom is 0.341 e. The number of carboxylic acids is 1. The number of hydrogen-bond donors (Lipinski definition) is 7. The summed E-state index contributed by atoms with van der Waals surface area (Å²) in [6, 6.07) is -1.00. The summed E-state index contributed by atoms with van der Waals surface area (Å²) in [7, 11) is 1.29. The third-order valence-corrected chi connectivity index (χ3v) is 11.8. The van der Waals surface area contributed by atoms with Gasteiger partial charge >= 0.3 is 23.9 Å². The molecule has 4 rings (SSSR count). The van der Waals surface area contributed by atoms with Crippen molar-refractivity contribution in [1.82, 2.24) is 5.32 Å². The number of nitrogens with one attached hydrogen (secondary N) is 2. The van der Waals surface area contributed by atoms with Crippen molar-refractivity contribution >= 4 is 63.7 Å². The van der Waals surface area contributed by atoms with Gasteiger partial charge in [0.25, 0.3) is 0 Å². The van der Waals surface area contributed by atoms with Crippen molar-refractivity contribution < 1.29 is 82.7 Å². The van der Waals surface area contributed by atoms with E-state index in [-0.39, 0.29) is 6.42 Å². The van der Waals surface area contributed by atoms with Gasteiger partial charge in [0.2, 0.25) is 0 Å². The number of ether oxygens (including phenoxy) is 7. The van der Waals surface area contributed by atoms with Crippen LogP contribution in [0.3, 0.4) is 0 Å². The lowest BCUT2D eigenvalue weighted by molar-refractivity contribution is -0.345. The number of carboxylic acid groups (broad SMARTS) is 1. The van der Waals surface area contributed by atoms with Crippen molar-refractivity contribution in [2.45, 2.75) is 138 Å². The molecule has 7 N–H and O–H groups in total. The van der Waals surface area contributed by atoms with Gasteiger partial charge in [0, 0.05) is 25.7 Å². The Morgan fingerprint density at radius 1 is 1.15 bits per heavy atom. The van der Waals surface area contributed by atoms with Crippen molar-refractivity contribution in [1.29, 1.82) is 5.41 Å². The molecule has 0 amide bonds. The number of methoxy groups -OCH3 is 1. The lowest BCUT2D eigenvalue weighted by Gasteiger charge is -2.52. The molecule has 3 saturated heterocycles. The highest BCUT2D eigenvalue weighted by Crippen LogP contribution is 2.42. The zero-order valence-corrected chi connectivity index (χ0v) is 32.8. The number of esters is 3. The van der Waals surface area contributed by atoms with E-state index in [4.69, 9.17) is 50.8 Å². The lowest BCUT2D eigenvalue weighted by Crippen LogP contribution is -2.70. The lowest BCUT2D eigenvalue weighted by atomic mass is 9.74. The van der Waals surface area contributed by atoms with Crippen LogP contribution in [0, 0.1) is 11.3 Å². The first kappa shape index (κ1) is 44.4. The first-order chi connectivity index (χ1) is 25.6. The van der Waals surface area contributed by atoms with Crippen LogP contribution in [0.2, 0.25) is 0 Å². The van der Waals surface area contributed by atoms with E-state index in [1.165, 1.54) is 32.7 Å². The second kappa shape index (κ2) is 17.5. The van der Waals surface area contributed by atoms with Crippen LogP contribution in [0.4, 0.5) is 0 Å². The highest BCUT2D eigenvalue weighted by Gasteiger charge is 2.62. The van der Waals surface area contributed by atoms with Gasteiger partial charge in [-0.2, -0.15) is 0 Å². The topological polar surface area (TPSA) is 287 Å². The summed E-state index contributed by atoms with van der Waals surface area (Å²) in [6.45, 7) is 8.43. The van der Waals surface area contributed by atoms with E-state index >= 15 is 0 Å². The number of carbonyl (C=O) groups excluding carboxylic acids is 4. The van der Waals surface area contributed by atoms with Crippen LogP contribution in [-0.2, 0) is 57.1 Å². The molecule has 3 fully saturated rings. The van der Waals surface area contributed by atoms with Gasteiger partial charge in [0.1, 0.15) is 64.5 Å². The molecule has 3 aliphatic heterocycles. The Kier molecular flexibility index (Phi) is 14.1. The second-order valence-corrected chi connectivity index (χ2v) is 16.0. The molecule has 55 heavy (non-hydrogen) atoms. The third kappa shape index (κ3) is 8.84. The fourth-order valence-electron chi connectivity index (χ4n) is 6.97. The molecule has 0 aromatic rings. The summed E-state index contributed by atoms with van der Waals surface area (Å²) in [4.78, 5) is 63.2. The van der Waals surface area contributed by atoms with Gasteiger partial charge in [-0.1, -0.05) is 44.8 Å². The number of aliphatic carboxylic acids is 1. The zero-order valence-electron chi connectivity index (χ0n) is 31.2. The van der Waals surface area contributed by atoms with Crippen LogP contribution < -0.4 is 5.32 Å². The van der Waals surface area contributed by atoms with Crippen molar-refractivity contribution in [3.63, 3.8) is 0 Å². The van der Waals surface area contributed by atoms with Crippen molar-refractivity contribution in [2.24, 2.45) is 5.92 Å². The molecule has 0 bridgehead atoms. The first-order valence-corrected chi connectivity index (χ1v) is 18.8. The number of rotatable bonds is 13. The third-order valence-electron chi connectivity index (χ3n) is 10.4. The van der Waals surface area contributed by atoms with Gasteiger partial charge in [-0.05, 0) is 20.3 Å². The molecule has 14 atom stereocenters. The standard InChI is InChI=1S/C34H48N2O17S2/c1-8-12(2)30(43)50-15(5)34(46)14(4)49-20(9-19(34)47-7)52-26-24(39)28(33(45)10-17(38)22(35)21(27(33)40)29(41)42)51-18(11-48-16(6)37)25(26)53-31(44)23-13(3)55-32(54)36-23/h12-15,18-20,23-26,28,35,39-40,45-46H,8-11H2,1-7H3,(H,36,54)(H,41,42)/t12-,13?,14+,15+,18-,19+,20-,23?,24-,25-,26-,28-,33+,34+/m1/s1.